The van der Waals surface area contributed by atoms with Crippen molar-refractivity contribution in [1.29, 1.82) is 0 Å². The van der Waals surface area contributed by atoms with Gasteiger partial charge in [-0.15, -0.1) is 22.7 Å². The van der Waals surface area contributed by atoms with Crippen LogP contribution in [-0.4, -0.2) is 8.75 Å². The number of aryl methyl sites for hydroxylation is 2. The van der Waals surface area contributed by atoms with E-state index in [1.54, 1.807) is 11.1 Å². The highest BCUT2D eigenvalue weighted by Gasteiger charge is 2.42. The third kappa shape index (κ3) is 10.6. The Labute approximate surface area is 376 Å². The molecular formula is C55H72N2S3. The van der Waals surface area contributed by atoms with E-state index in [4.69, 9.17) is 8.75 Å². The van der Waals surface area contributed by atoms with Crippen LogP contribution in [0.5, 0.6) is 0 Å². The summed E-state index contributed by atoms with van der Waals surface area (Å²) >= 11 is 5.22. The van der Waals surface area contributed by atoms with Gasteiger partial charge < -0.3 is 0 Å². The van der Waals surface area contributed by atoms with Gasteiger partial charge in [0.15, 0.2) is 0 Å². The van der Waals surface area contributed by atoms with Gasteiger partial charge in [0.25, 0.3) is 0 Å². The van der Waals surface area contributed by atoms with Crippen molar-refractivity contribution in [3.05, 3.63) is 94.4 Å². The minimum Gasteiger partial charge on any atom is -0.172 e. The minimum atomic E-state index is 0.0876. The minimum absolute atomic E-state index is 0.0876. The van der Waals surface area contributed by atoms with Gasteiger partial charge in [-0.3, -0.25) is 0 Å². The molecule has 3 aromatic carbocycles. The molecule has 1 aliphatic rings. The smallest absolute Gasteiger partial charge is 0.114 e. The fraction of sp³-hybridized carbons (Fsp3) is 0.527. The molecule has 0 atom stereocenters. The molecule has 0 bridgehead atoms. The quantitative estimate of drug-likeness (QED) is 0.0482. The number of nitrogens with zero attached hydrogens (tertiary/aromatic N) is 2. The van der Waals surface area contributed by atoms with Gasteiger partial charge in [-0.1, -0.05) is 192 Å². The second kappa shape index (κ2) is 22.8. The molecule has 2 nitrogen and oxygen atoms in total. The molecule has 1 aliphatic carbocycles. The van der Waals surface area contributed by atoms with Gasteiger partial charge >= 0.3 is 0 Å². The summed E-state index contributed by atoms with van der Waals surface area (Å²) in [6.45, 7) is 9.27. The summed E-state index contributed by atoms with van der Waals surface area (Å²) in [6, 6.07) is 26.8. The van der Waals surface area contributed by atoms with Crippen LogP contribution in [0.4, 0.5) is 0 Å². The zero-order valence-electron chi connectivity index (χ0n) is 37.5. The predicted octanol–water partition coefficient (Wildman–Crippen LogP) is 18.8. The summed E-state index contributed by atoms with van der Waals surface area (Å²) in [5.41, 5.74) is 15.2. The molecule has 0 unspecified atom stereocenters. The molecule has 320 valence electrons. The zero-order chi connectivity index (χ0) is 41.6. The molecule has 3 heterocycles. The first-order valence-corrected chi connectivity index (χ1v) is 26.7. The molecule has 0 saturated heterocycles. The first kappa shape index (κ1) is 44.9. The van der Waals surface area contributed by atoms with Crippen LogP contribution in [-0.2, 0) is 18.3 Å². The second-order valence-electron chi connectivity index (χ2n) is 18.0. The van der Waals surface area contributed by atoms with E-state index in [0.717, 1.165) is 17.5 Å². The lowest BCUT2D eigenvalue weighted by atomic mass is 9.70. The largest absolute Gasteiger partial charge is 0.172 e. The lowest BCUT2D eigenvalue weighted by Gasteiger charge is -2.33. The summed E-state index contributed by atoms with van der Waals surface area (Å²) in [6.07, 6.45) is 31.2. The number of benzene rings is 3. The van der Waals surface area contributed by atoms with E-state index < -0.39 is 0 Å². The van der Waals surface area contributed by atoms with Crippen LogP contribution in [0.15, 0.2) is 72.1 Å². The number of fused-ring (bicyclic) bond motifs is 4. The van der Waals surface area contributed by atoms with E-state index in [9.17, 15) is 0 Å². The summed E-state index contributed by atoms with van der Waals surface area (Å²) < 4.78 is 9.93. The molecule has 0 radical (unpaired) electrons. The highest BCUT2D eigenvalue weighted by atomic mass is 32.1. The molecular weight excluding hydrogens is 785 g/mol. The average molecular weight is 857 g/mol. The number of thiophene rings is 2. The fourth-order valence-corrected chi connectivity index (χ4v) is 12.9. The molecule has 0 spiro atoms. The van der Waals surface area contributed by atoms with Gasteiger partial charge in [-0.2, -0.15) is 8.75 Å². The van der Waals surface area contributed by atoms with Gasteiger partial charge in [0.05, 0.1) is 11.7 Å². The second-order valence-corrected chi connectivity index (χ2v) is 20.4. The van der Waals surface area contributed by atoms with E-state index in [0.29, 0.717) is 0 Å². The molecule has 60 heavy (non-hydrogen) atoms. The van der Waals surface area contributed by atoms with Crippen LogP contribution >= 0.6 is 34.4 Å². The Kier molecular flexibility index (Phi) is 17.1. The third-order valence-electron chi connectivity index (χ3n) is 13.5. The summed E-state index contributed by atoms with van der Waals surface area (Å²) in [5.74, 6) is 0. The van der Waals surface area contributed by atoms with Crippen molar-refractivity contribution in [2.75, 3.05) is 0 Å². The number of unbranched alkanes of at least 4 members (excludes halogenated alkanes) is 16. The Balaban J connectivity index is 1.24. The van der Waals surface area contributed by atoms with Gasteiger partial charge in [0, 0.05) is 31.2 Å². The van der Waals surface area contributed by atoms with Crippen LogP contribution in [0.2, 0.25) is 0 Å². The molecule has 5 heteroatoms. The molecule has 6 aromatic rings. The Hall–Kier alpha value is -3.12. The highest BCUT2D eigenvalue weighted by molar-refractivity contribution is 7.19. The maximum absolute atomic E-state index is 4.99. The van der Waals surface area contributed by atoms with Crippen molar-refractivity contribution in [2.45, 2.75) is 187 Å². The van der Waals surface area contributed by atoms with E-state index >= 15 is 0 Å². The normalized spacial score (nSPS) is 13.1. The standard InChI is InChI=1S/C55H72N2S3/c1-5-9-13-17-19-25-35-55(36-26-20-18-14-10-6-2)48-30-24-23-29-44(48)45-32-31-43(38-49(45)55)54-42(28-22-16-12-8-4)39-51(59-54)47-34-33-46(52-53(47)57-60-56-52)50-37-41(40-58-50)27-21-15-11-7-3/h23-24,29-34,37-40H,5-22,25-28,35-36H2,1-4H3. The van der Waals surface area contributed by atoms with Crippen molar-refractivity contribution in [1.82, 2.24) is 8.75 Å². The van der Waals surface area contributed by atoms with E-state index in [2.05, 4.69) is 99.8 Å². The number of hydrogen-bond donors (Lipinski definition) is 0. The average Bonchev–Trinajstić information content (AvgIpc) is 4.09. The maximum Gasteiger partial charge on any atom is 0.114 e. The van der Waals surface area contributed by atoms with Crippen molar-refractivity contribution < 1.29 is 0 Å². The maximum atomic E-state index is 4.99. The molecule has 7 rings (SSSR count). The van der Waals surface area contributed by atoms with Crippen molar-refractivity contribution in [2.24, 2.45) is 0 Å². The number of hydrogen-bond acceptors (Lipinski definition) is 5. The molecule has 0 fully saturated rings. The topological polar surface area (TPSA) is 25.8 Å². The van der Waals surface area contributed by atoms with Crippen molar-refractivity contribution in [3.63, 3.8) is 0 Å². The van der Waals surface area contributed by atoms with Crippen LogP contribution < -0.4 is 0 Å². The van der Waals surface area contributed by atoms with Gasteiger partial charge in [-0.05, 0) is 101 Å². The molecule has 3 aromatic heterocycles. The van der Waals surface area contributed by atoms with Gasteiger partial charge in [0.1, 0.15) is 11.0 Å². The Morgan fingerprint density at radius 1 is 0.483 bits per heavy atom. The summed E-state index contributed by atoms with van der Waals surface area (Å²) in [7, 11) is 0. The fourth-order valence-electron chi connectivity index (χ4n) is 10.1. The van der Waals surface area contributed by atoms with E-state index in [1.165, 1.54) is 213 Å². The van der Waals surface area contributed by atoms with Crippen LogP contribution in [0.25, 0.3) is 53.5 Å². The van der Waals surface area contributed by atoms with Crippen LogP contribution in [0.1, 0.15) is 191 Å². The molecule has 0 N–H and O–H groups in total. The monoisotopic (exact) mass is 856 g/mol. The third-order valence-corrected chi connectivity index (χ3v) is 16.3. The van der Waals surface area contributed by atoms with E-state index in [-0.39, 0.29) is 5.41 Å². The number of rotatable bonds is 27. The Morgan fingerprint density at radius 2 is 1.03 bits per heavy atom. The highest BCUT2D eigenvalue weighted by Crippen LogP contribution is 2.55. The van der Waals surface area contributed by atoms with Crippen molar-refractivity contribution in [3.8, 4) is 42.4 Å². The van der Waals surface area contributed by atoms with Crippen molar-refractivity contribution >= 4 is 45.4 Å². The van der Waals surface area contributed by atoms with E-state index in [1.807, 2.05) is 22.7 Å². The molecule has 0 aliphatic heterocycles. The first-order chi connectivity index (χ1) is 29.6. The first-order valence-electron chi connectivity index (χ1n) is 24.3. The van der Waals surface area contributed by atoms with Gasteiger partial charge in [-0.25, -0.2) is 0 Å². The zero-order valence-corrected chi connectivity index (χ0v) is 40.0. The van der Waals surface area contributed by atoms with Crippen LogP contribution in [0.3, 0.4) is 0 Å². The lowest BCUT2D eigenvalue weighted by Crippen LogP contribution is -2.25. The SMILES string of the molecule is CCCCCCCCC1(CCCCCCCC)c2ccccc2-c2ccc(-c3sc(-c4ccc(-c5cc(CCCCCC)cs5)c5nsnc45)cc3CCCCCC)cc21. The molecule has 0 saturated carbocycles. The summed E-state index contributed by atoms with van der Waals surface area (Å²) in [5, 5.41) is 2.36. The summed E-state index contributed by atoms with van der Waals surface area (Å²) in [4.78, 5) is 4.11. The lowest BCUT2D eigenvalue weighted by molar-refractivity contribution is 0.398. The number of aromatic nitrogens is 2. The Morgan fingerprint density at radius 3 is 1.70 bits per heavy atom. The predicted molar refractivity (Wildman–Crippen MR) is 267 cm³/mol. The Bertz CT molecular complexity index is 2200. The van der Waals surface area contributed by atoms with Gasteiger partial charge in [0.2, 0.25) is 0 Å². The molecule has 0 amide bonds. The van der Waals surface area contributed by atoms with Crippen LogP contribution in [0, 0.1) is 0 Å².